The van der Waals surface area contributed by atoms with Gasteiger partial charge in [0.05, 0.1) is 22.8 Å². The number of Topliss-reactive ketones (excluding diaryl/α,β-unsaturated/α-hetero) is 1. The summed E-state index contributed by atoms with van der Waals surface area (Å²) in [4.78, 5) is 12.7. The minimum absolute atomic E-state index is 0.0761. The van der Waals surface area contributed by atoms with Crippen LogP contribution in [0.3, 0.4) is 0 Å². The zero-order valence-electron chi connectivity index (χ0n) is 9.27. The van der Waals surface area contributed by atoms with Crippen LogP contribution in [0, 0.1) is 22.7 Å². The van der Waals surface area contributed by atoms with E-state index in [1.807, 2.05) is 12.1 Å². The summed E-state index contributed by atoms with van der Waals surface area (Å²) in [6.45, 7) is 1.60. The summed E-state index contributed by atoms with van der Waals surface area (Å²) in [5.74, 6) is -0.0782. The Balaban J connectivity index is 3.09. The number of halogens is 1. The number of carbonyl (C=O) groups is 1. The van der Waals surface area contributed by atoms with E-state index in [4.69, 9.17) is 22.1 Å². The van der Waals surface area contributed by atoms with Gasteiger partial charge >= 0.3 is 0 Å². The first-order valence-corrected chi connectivity index (χ1v) is 5.27. The van der Waals surface area contributed by atoms with E-state index in [-0.39, 0.29) is 18.9 Å². The van der Waals surface area contributed by atoms with Gasteiger partial charge in [-0.15, -0.1) is 0 Å². The molecular formula is C12H10ClN3O. The van der Waals surface area contributed by atoms with Gasteiger partial charge in [-0.3, -0.25) is 4.79 Å². The summed E-state index contributed by atoms with van der Waals surface area (Å²) >= 11 is 6.03. The second-order valence-electron chi connectivity index (χ2n) is 3.39. The maximum Gasteiger partial charge on any atom is 0.159 e. The maximum absolute atomic E-state index is 11.2. The molecule has 1 aromatic rings. The molecule has 0 bridgehead atoms. The average Bonchev–Trinajstić information content (AvgIpc) is 2.28. The summed E-state index contributed by atoms with van der Waals surface area (Å²) in [5.41, 5.74) is 1.09. The Morgan fingerprint density at radius 2 is 1.94 bits per heavy atom. The highest BCUT2D eigenvalue weighted by atomic mass is 35.5. The molecule has 0 fully saturated rings. The summed E-state index contributed by atoms with van der Waals surface area (Å²) in [7, 11) is 0. The Morgan fingerprint density at radius 3 is 2.35 bits per heavy atom. The van der Waals surface area contributed by atoms with Gasteiger partial charge in [-0.25, -0.2) is 0 Å². The second kappa shape index (κ2) is 5.89. The Kier molecular flexibility index (Phi) is 4.51. The molecule has 0 aliphatic carbocycles. The number of rotatable bonds is 4. The number of hydrogen-bond acceptors (Lipinski definition) is 4. The first-order chi connectivity index (χ1) is 8.10. The van der Waals surface area contributed by atoms with Crippen LogP contribution in [0.1, 0.15) is 17.3 Å². The van der Waals surface area contributed by atoms with Gasteiger partial charge in [0.15, 0.2) is 5.78 Å². The quantitative estimate of drug-likeness (QED) is 0.605. The number of benzene rings is 1. The molecule has 5 heteroatoms. The van der Waals surface area contributed by atoms with E-state index in [1.165, 1.54) is 6.92 Å². The van der Waals surface area contributed by atoms with Crippen molar-refractivity contribution in [3.63, 3.8) is 0 Å². The molecule has 0 unspecified atom stereocenters. The number of nitriles is 2. The van der Waals surface area contributed by atoms with Crippen molar-refractivity contribution in [2.45, 2.75) is 6.92 Å². The molecule has 17 heavy (non-hydrogen) atoms. The van der Waals surface area contributed by atoms with Crippen molar-refractivity contribution < 1.29 is 4.79 Å². The third kappa shape index (κ3) is 3.21. The van der Waals surface area contributed by atoms with Crippen molar-refractivity contribution in [1.82, 2.24) is 0 Å². The number of nitrogens with zero attached hydrogens (tertiary/aromatic N) is 3. The highest BCUT2D eigenvalue weighted by Crippen LogP contribution is 2.26. The Morgan fingerprint density at radius 1 is 1.35 bits per heavy atom. The predicted octanol–water partition coefficient (Wildman–Crippen LogP) is 2.40. The minimum Gasteiger partial charge on any atom is -0.344 e. The van der Waals surface area contributed by atoms with Gasteiger partial charge in [-0.05, 0) is 25.1 Å². The summed E-state index contributed by atoms with van der Waals surface area (Å²) in [5, 5.41) is 17.7. The van der Waals surface area contributed by atoms with Crippen LogP contribution < -0.4 is 4.90 Å². The molecule has 0 saturated heterocycles. The van der Waals surface area contributed by atoms with E-state index in [0.29, 0.717) is 16.3 Å². The van der Waals surface area contributed by atoms with Crippen LogP contribution in [0.25, 0.3) is 0 Å². The lowest BCUT2D eigenvalue weighted by atomic mass is 10.1. The molecule has 86 valence electrons. The van der Waals surface area contributed by atoms with E-state index in [1.54, 1.807) is 23.1 Å². The monoisotopic (exact) mass is 247 g/mol. The first-order valence-electron chi connectivity index (χ1n) is 4.89. The molecule has 0 heterocycles. The van der Waals surface area contributed by atoms with E-state index in [0.717, 1.165) is 0 Å². The Bertz CT molecular complexity index is 497. The number of carbonyl (C=O) groups excluding carboxylic acids is 1. The number of hydrogen-bond donors (Lipinski definition) is 0. The predicted molar refractivity (Wildman–Crippen MR) is 64.9 cm³/mol. The van der Waals surface area contributed by atoms with Crippen molar-refractivity contribution in [3.8, 4) is 12.1 Å². The third-order valence-corrected chi connectivity index (χ3v) is 2.52. The standard InChI is InChI=1S/C12H10ClN3O/c1-9(17)10-2-3-12(11(13)8-10)16(6-4-14)7-5-15/h2-3,8H,6-7H2,1H3. The van der Waals surface area contributed by atoms with Gasteiger partial charge in [-0.1, -0.05) is 11.6 Å². The van der Waals surface area contributed by atoms with Crippen molar-refractivity contribution in [1.29, 1.82) is 10.5 Å². The van der Waals surface area contributed by atoms with E-state index < -0.39 is 0 Å². The SMILES string of the molecule is CC(=O)c1ccc(N(CC#N)CC#N)c(Cl)c1. The minimum atomic E-state index is -0.0782. The van der Waals surface area contributed by atoms with Crippen LogP contribution in [0.5, 0.6) is 0 Å². The van der Waals surface area contributed by atoms with Crippen LogP contribution in [-0.2, 0) is 0 Å². The molecule has 0 aliphatic rings. The molecule has 0 radical (unpaired) electrons. The lowest BCUT2D eigenvalue weighted by Crippen LogP contribution is -2.24. The Labute approximate surface area is 105 Å². The summed E-state index contributed by atoms with van der Waals surface area (Å²) < 4.78 is 0. The molecule has 0 amide bonds. The number of ketones is 1. The molecule has 0 N–H and O–H groups in total. The molecule has 0 saturated carbocycles. The van der Waals surface area contributed by atoms with E-state index in [9.17, 15) is 4.79 Å². The highest BCUT2D eigenvalue weighted by Gasteiger charge is 2.11. The van der Waals surface area contributed by atoms with Gasteiger partial charge in [0.1, 0.15) is 13.1 Å². The van der Waals surface area contributed by atoms with Crippen molar-refractivity contribution in [3.05, 3.63) is 28.8 Å². The van der Waals surface area contributed by atoms with Crippen molar-refractivity contribution >= 4 is 23.1 Å². The molecule has 4 nitrogen and oxygen atoms in total. The van der Waals surface area contributed by atoms with Crippen molar-refractivity contribution in [2.75, 3.05) is 18.0 Å². The first kappa shape index (κ1) is 13.0. The molecule has 0 aliphatic heterocycles. The van der Waals surface area contributed by atoms with Crippen LogP contribution in [0.4, 0.5) is 5.69 Å². The molecule has 1 rings (SSSR count). The average molecular weight is 248 g/mol. The fourth-order valence-corrected chi connectivity index (χ4v) is 1.68. The van der Waals surface area contributed by atoms with Gasteiger partial charge in [0, 0.05) is 5.56 Å². The van der Waals surface area contributed by atoms with Gasteiger partial charge in [0.25, 0.3) is 0 Å². The topological polar surface area (TPSA) is 67.9 Å². The van der Waals surface area contributed by atoms with Crippen molar-refractivity contribution in [2.24, 2.45) is 0 Å². The normalized spacial score (nSPS) is 9.18. The largest absolute Gasteiger partial charge is 0.344 e. The zero-order valence-corrected chi connectivity index (χ0v) is 10.0. The van der Waals surface area contributed by atoms with Crippen LogP contribution >= 0.6 is 11.6 Å². The zero-order chi connectivity index (χ0) is 12.8. The van der Waals surface area contributed by atoms with Gasteiger partial charge < -0.3 is 4.90 Å². The third-order valence-electron chi connectivity index (χ3n) is 2.22. The van der Waals surface area contributed by atoms with Crippen LogP contribution in [0.15, 0.2) is 18.2 Å². The smallest absolute Gasteiger partial charge is 0.159 e. The van der Waals surface area contributed by atoms with Crippen LogP contribution in [-0.4, -0.2) is 18.9 Å². The summed E-state index contributed by atoms with van der Waals surface area (Å²) in [6.07, 6.45) is 0. The summed E-state index contributed by atoms with van der Waals surface area (Å²) in [6, 6.07) is 8.75. The fraction of sp³-hybridized carbons (Fsp3) is 0.250. The lowest BCUT2D eigenvalue weighted by molar-refractivity contribution is 0.101. The van der Waals surface area contributed by atoms with Gasteiger partial charge in [-0.2, -0.15) is 10.5 Å². The highest BCUT2D eigenvalue weighted by molar-refractivity contribution is 6.33. The van der Waals surface area contributed by atoms with E-state index in [2.05, 4.69) is 0 Å². The fourth-order valence-electron chi connectivity index (χ4n) is 1.38. The second-order valence-corrected chi connectivity index (χ2v) is 3.80. The molecule has 0 spiro atoms. The van der Waals surface area contributed by atoms with Crippen LogP contribution in [0.2, 0.25) is 5.02 Å². The molecular weight excluding hydrogens is 238 g/mol. The Hall–Kier alpha value is -2.04. The number of anilines is 1. The van der Waals surface area contributed by atoms with Gasteiger partial charge in [0.2, 0.25) is 0 Å². The van der Waals surface area contributed by atoms with E-state index >= 15 is 0 Å². The molecule has 1 aromatic carbocycles. The maximum atomic E-state index is 11.2. The molecule has 0 atom stereocenters. The lowest BCUT2D eigenvalue weighted by Gasteiger charge is -2.19. The molecule has 0 aromatic heterocycles.